The summed E-state index contributed by atoms with van der Waals surface area (Å²) in [6.45, 7) is 3.93. The molecule has 0 unspecified atom stereocenters. The van der Waals surface area contributed by atoms with Gasteiger partial charge in [-0.3, -0.25) is 9.36 Å². The highest BCUT2D eigenvalue weighted by molar-refractivity contribution is 7.99. The lowest BCUT2D eigenvalue weighted by Crippen LogP contribution is -2.21. The first kappa shape index (κ1) is 25.2. The van der Waals surface area contributed by atoms with Gasteiger partial charge in [-0.05, 0) is 42.7 Å². The average molecular weight is 518 g/mol. The van der Waals surface area contributed by atoms with Gasteiger partial charge >= 0.3 is 0 Å². The Morgan fingerprint density at radius 2 is 1.39 bits per heavy atom. The van der Waals surface area contributed by atoms with Gasteiger partial charge in [-0.1, -0.05) is 114 Å². The van der Waals surface area contributed by atoms with Crippen LogP contribution in [0.2, 0.25) is 0 Å². The zero-order valence-electron chi connectivity index (χ0n) is 21.2. The molecule has 1 N–H and O–H groups in total. The fourth-order valence-corrected chi connectivity index (χ4v) is 4.71. The van der Waals surface area contributed by atoms with Crippen LogP contribution < -0.4 is 5.43 Å². The van der Waals surface area contributed by atoms with Gasteiger partial charge in [-0.25, -0.2) is 5.43 Å². The first-order chi connectivity index (χ1) is 18.6. The van der Waals surface area contributed by atoms with E-state index in [0.717, 1.165) is 39.5 Å². The van der Waals surface area contributed by atoms with Gasteiger partial charge in [0.25, 0.3) is 5.91 Å². The van der Waals surface area contributed by atoms with Crippen molar-refractivity contribution in [1.29, 1.82) is 0 Å². The molecule has 0 aliphatic carbocycles. The molecule has 1 heterocycles. The molecule has 0 bridgehead atoms. The van der Waals surface area contributed by atoms with Gasteiger partial charge < -0.3 is 0 Å². The van der Waals surface area contributed by atoms with Crippen LogP contribution in [0.4, 0.5) is 0 Å². The lowest BCUT2D eigenvalue weighted by Gasteiger charge is -2.10. The minimum absolute atomic E-state index is 0.155. The van der Waals surface area contributed by atoms with Crippen LogP contribution in [0, 0.1) is 6.92 Å². The molecular weight excluding hydrogens is 490 g/mol. The average Bonchev–Trinajstić information content (AvgIpc) is 3.40. The Morgan fingerprint density at radius 1 is 0.789 bits per heavy atom. The Labute approximate surface area is 226 Å². The third kappa shape index (κ3) is 5.90. The van der Waals surface area contributed by atoms with Crippen molar-refractivity contribution in [3.8, 4) is 28.2 Å². The van der Waals surface area contributed by atoms with E-state index in [2.05, 4.69) is 64.0 Å². The number of hydrogen-bond donors (Lipinski definition) is 1. The van der Waals surface area contributed by atoms with Crippen LogP contribution in [-0.2, 0) is 4.79 Å². The SMILES string of the molecule is CC(=NNC(=O)CSc1nnc(-c2ccc(C)cc2)n1-c1ccccc1)c1ccc(-c2ccccc2)cc1. The number of carbonyl (C=O) groups is 1. The van der Waals surface area contributed by atoms with Crippen molar-refractivity contribution < 1.29 is 4.79 Å². The van der Waals surface area contributed by atoms with Crippen molar-refractivity contribution in [3.05, 3.63) is 120 Å². The van der Waals surface area contributed by atoms with Crippen LogP contribution in [0.3, 0.4) is 0 Å². The summed E-state index contributed by atoms with van der Waals surface area (Å²) in [6.07, 6.45) is 0. The Bertz CT molecular complexity index is 1540. The Kier molecular flexibility index (Phi) is 7.75. The molecule has 5 rings (SSSR count). The number of nitrogens with one attached hydrogen (secondary N) is 1. The molecule has 0 aliphatic heterocycles. The minimum Gasteiger partial charge on any atom is -0.272 e. The summed E-state index contributed by atoms with van der Waals surface area (Å²) in [7, 11) is 0. The number of thioether (sulfide) groups is 1. The van der Waals surface area contributed by atoms with E-state index in [-0.39, 0.29) is 11.7 Å². The number of para-hydroxylation sites is 1. The van der Waals surface area contributed by atoms with Crippen LogP contribution >= 0.6 is 11.8 Å². The molecule has 5 aromatic rings. The summed E-state index contributed by atoms with van der Waals surface area (Å²) in [6, 6.07) is 36.4. The van der Waals surface area contributed by atoms with E-state index in [4.69, 9.17) is 0 Å². The van der Waals surface area contributed by atoms with Gasteiger partial charge in [0.05, 0.1) is 11.5 Å². The van der Waals surface area contributed by atoms with Crippen LogP contribution in [0.1, 0.15) is 18.1 Å². The lowest BCUT2D eigenvalue weighted by molar-refractivity contribution is -0.118. The third-order valence-corrected chi connectivity index (χ3v) is 6.98. The quantitative estimate of drug-likeness (QED) is 0.144. The van der Waals surface area contributed by atoms with Gasteiger partial charge in [0.2, 0.25) is 0 Å². The molecule has 0 atom stereocenters. The highest BCUT2D eigenvalue weighted by atomic mass is 32.2. The maximum Gasteiger partial charge on any atom is 0.250 e. The van der Waals surface area contributed by atoms with Crippen LogP contribution in [0.5, 0.6) is 0 Å². The summed E-state index contributed by atoms with van der Waals surface area (Å²) in [5, 5.41) is 13.8. The summed E-state index contributed by atoms with van der Waals surface area (Å²) in [5.74, 6) is 0.671. The molecule has 1 amide bonds. The second kappa shape index (κ2) is 11.7. The van der Waals surface area contributed by atoms with Gasteiger partial charge in [-0.15, -0.1) is 10.2 Å². The summed E-state index contributed by atoms with van der Waals surface area (Å²) in [4.78, 5) is 12.7. The van der Waals surface area contributed by atoms with E-state index < -0.39 is 0 Å². The predicted molar refractivity (Wildman–Crippen MR) is 154 cm³/mol. The van der Waals surface area contributed by atoms with Crippen molar-refractivity contribution in [2.45, 2.75) is 19.0 Å². The van der Waals surface area contributed by atoms with Crippen molar-refractivity contribution >= 4 is 23.4 Å². The normalized spacial score (nSPS) is 11.4. The van der Waals surface area contributed by atoms with Crippen molar-refractivity contribution in [2.24, 2.45) is 5.10 Å². The van der Waals surface area contributed by atoms with Gasteiger partial charge in [0.15, 0.2) is 11.0 Å². The molecule has 0 radical (unpaired) electrons. The molecule has 38 heavy (non-hydrogen) atoms. The maximum absolute atomic E-state index is 12.7. The highest BCUT2D eigenvalue weighted by Gasteiger charge is 2.17. The number of nitrogens with zero attached hydrogens (tertiary/aromatic N) is 4. The van der Waals surface area contributed by atoms with E-state index in [1.54, 1.807) is 0 Å². The van der Waals surface area contributed by atoms with E-state index >= 15 is 0 Å². The number of aryl methyl sites for hydroxylation is 1. The summed E-state index contributed by atoms with van der Waals surface area (Å²) >= 11 is 1.32. The predicted octanol–water partition coefficient (Wildman–Crippen LogP) is 6.54. The number of hydrazone groups is 1. The number of carbonyl (C=O) groups excluding carboxylic acids is 1. The molecule has 0 spiro atoms. The number of aromatic nitrogens is 3. The van der Waals surface area contributed by atoms with E-state index in [0.29, 0.717) is 5.16 Å². The van der Waals surface area contributed by atoms with E-state index in [1.807, 2.05) is 84.3 Å². The van der Waals surface area contributed by atoms with Crippen LogP contribution in [0.25, 0.3) is 28.2 Å². The van der Waals surface area contributed by atoms with Gasteiger partial charge in [0.1, 0.15) is 0 Å². The molecule has 4 aromatic carbocycles. The molecule has 0 aliphatic rings. The largest absolute Gasteiger partial charge is 0.272 e. The summed E-state index contributed by atoms with van der Waals surface area (Å²) in [5.41, 5.74) is 9.72. The monoisotopic (exact) mass is 517 g/mol. The van der Waals surface area contributed by atoms with Crippen molar-refractivity contribution in [2.75, 3.05) is 5.75 Å². The Hall–Kier alpha value is -4.49. The van der Waals surface area contributed by atoms with Gasteiger partial charge in [0, 0.05) is 11.3 Å². The third-order valence-electron chi connectivity index (χ3n) is 6.05. The molecule has 188 valence electrons. The fraction of sp³-hybridized carbons (Fsp3) is 0.0968. The van der Waals surface area contributed by atoms with Gasteiger partial charge in [-0.2, -0.15) is 5.10 Å². The second-order valence-corrected chi connectivity index (χ2v) is 9.75. The topological polar surface area (TPSA) is 72.2 Å². The number of hydrogen-bond acceptors (Lipinski definition) is 5. The number of benzene rings is 4. The Morgan fingerprint density at radius 3 is 2.08 bits per heavy atom. The van der Waals surface area contributed by atoms with Crippen molar-refractivity contribution in [3.63, 3.8) is 0 Å². The highest BCUT2D eigenvalue weighted by Crippen LogP contribution is 2.28. The zero-order valence-corrected chi connectivity index (χ0v) is 22.0. The van der Waals surface area contributed by atoms with Crippen molar-refractivity contribution in [1.82, 2.24) is 20.2 Å². The smallest absolute Gasteiger partial charge is 0.250 e. The molecule has 0 fully saturated rings. The maximum atomic E-state index is 12.7. The van der Waals surface area contributed by atoms with E-state index in [9.17, 15) is 4.79 Å². The lowest BCUT2D eigenvalue weighted by atomic mass is 10.0. The summed E-state index contributed by atoms with van der Waals surface area (Å²) < 4.78 is 1.98. The number of amides is 1. The Balaban J connectivity index is 1.27. The second-order valence-electron chi connectivity index (χ2n) is 8.81. The standard InChI is InChI=1S/C31H27N5OS/c1-22-13-15-27(16-14-22)30-34-35-31(36(30)28-11-7-4-8-12-28)38-21-29(37)33-32-23(2)24-17-19-26(20-18-24)25-9-5-3-6-10-25/h3-20H,21H2,1-2H3,(H,33,37). The molecular formula is C31H27N5OS. The van der Waals surface area contributed by atoms with E-state index in [1.165, 1.54) is 17.3 Å². The molecule has 1 aromatic heterocycles. The molecule has 7 heteroatoms. The first-order valence-electron chi connectivity index (χ1n) is 12.3. The molecule has 6 nitrogen and oxygen atoms in total. The number of rotatable bonds is 8. The molecule has 0 saturated carbocycles. The van der Waals surface area contributed by atoms with Crippen LogP contribution in [-0.4, -0.2) is 32.1 Å². The first-order valence-corrected chi connectivity index (χ1v) is 13.3. The zero-order chi connectivity index (χ0) is 26.3. The fourth-order valence-electron chi connectivity index (χ4n) is 3.97. The van der Waals surface area contributed by atoms with Crippen LogP contribution in [0.15, 0.2) is 119 Å². The molecule has 0 saturated heterocycles. The minimum atomic E-state index is -0.213.